The van der Waals surface area contributed by atoms with Crippen LogP contribution in [0.2, 0.25) is 5.02 Å². The summed E-state index contributed by atoms with van der Waals surface area (Å²) in [6.07, 6.45) is 7.71. The van der Waals surface area contributed by atoms with E-state index in [2.05, 4.69) is 26.2 Å². The predicted octanol–water partition coefficient (Wildman–Crippen LogP) is 3.08. The van der Waals surface area contributed by atoms with E-state index in [4.69, 9.17) is 11.6 Å². The fourth-order valence-corrected chi connectivity index (χ4v) is 3.40. The molecule has 2 aromatic rings. The van der Waals surface area contributed by atoms with Crippen LogP contribution in [0.25, 0.3) is 6.08 Å². The van der Waals surface area contributed by atoms with Gasteiger partial charge in [-0.1, -0.05) is 29.8 Å². The first-order valence-corrected chi connectivity index (χ1v) is 9.68. The van der Waals surface area contributed by atoms with Crippen LogP contribution in [-0.2, 0) is 4.79 Å². The van der Waals surface area contributed by atoms with Crippen molar-refractivity contribution in [3.8, 4) is 0 Å². The molecule has 0 atom stereocenters. The van der Waals surface area contributed by atoms with Crippen molar-refractivity contribution in [1.29, 1.82) is 0 Å². The van der Waals surface area contributed by atoms with Crippen molar-refractivity contribution < 1.29 is 4.79 Å². The van der Waals surface area contributed by atoms with Crippen LogP contribution in [-0.4, -0.2) is 55.1 Å². The molecule has 1 saturated heterocycles. The van der Waals surface area contributed by atoms with Crippen LogP contribution in [0.4, 0.5) is 5.69 Å². The molecule has 1 aromatic carbocycles. The van der Waals surface area contributed by atoms with Crippen LogP contribution < -0.4 is 10.2 Å². The van der Waals surface area contributed by atoms with Gasteiger partial charge in [0.1, 0.15) is 0 Å². The Bertz CT molecular complexity index is 758. The van der Waals surface area contributed by atoms with E-state index in [1.165, 1.54) is 0 Å². The highest BCUT2D eigenvalue weighted by molar-refractivity contribution is 6.33. The smallest absolute Gasteiger partial charge is 0.244 e. The second kappa shape index (κ2) is 10.1. The first-order valence-electron chi connectivity index (χ1n) is 9.30. The Labute approximate surface area is 165 Å². The number of amides is 1. The van der Waals surface area contributed by atoms with Gasteiger partial charge in [-0.05, 0) is 42.8 Å². The molecule has 0 aliphatic carbocycles. The average molecular weight is 385 g/mol. The largest absolute Gasteiger partial charge is 0.368 e. The minimum atomic E-state index is -0.0672. The maximum absolute atomic E-state index is 11.8. The third-order valence-electron chi connectivity index (χ3n) is 4.63. The van der Waals surface area contributed by atoms with Gasteiger partial charge < -0.3 is 10.2 Å². The lowest BCUT2D eigenvalue weighted by atomic mass is 10.2. The van der Waals surface area contributed by atoms with E-state index >= 15 is 0 Å². The lowest BCUT2D eigenvalue weighted by Crippen LogP contribution is -2.47. The number of carbonyl (C=O) groups excluding carboxylic acids is 1. The van der Waals surface area contributed by atoms with Crippen molar-refractivity contribution in [3.63, 3.8) is 0 Å². The number of hydrogen-bond acceptors (Lipinski definition) is 4. The van der Waals surface area contributed by atoms with Gasteiger partial charge in [-0.15, -0.1) is 0 Å². The van der Waals surface area contributed by atoms with Gasteiger partial charge in [0.15, 0.2) is 0 Å². The summed E-state index contributed by atoms with van der Waals surface area (Å²) in [5, 5.41) is 3.75. The Morgan fingerprint density at radius 1 is 1.15 bits per heavy atom. The van der Waals surface area contributed by atoms with E-state index in [1.54, 1.807) is 24.5 Å². The third-order valence-corrected chi connectivity index (χ3v) is 4.95. The van der Waals surface area contributed by atoms with Crippen molar-refractivity contribution in [2.75, 3.05) is 44.2 Å². The van der Waals surface area contributed by atoms with E-state index < -0.39 is 0 Å². The molecule has 5 nitrogen and oxygen atoms in total. The average Bonchev–Trinajstić information content (AvgIpc) is 2.71. The van der Waals surface area contributed by atoms with E-state index in [-0.39, 0.29) is 5.91 Å². The molecule has 0 unspecified atom stereocenters. The fraction of sp³-hybridized carbons (Fsp3) is 0.333. The Kier molecular flexibility index (Phi) is 7.25. The quantitative estimate of drug-likeness (QED) is 0.588. The van der Waals surface area contributed by atoms with Gasteiger partial charge in [-0.3, -0.25) is 14.7 Å². The fourth-order valence-electron chi connectivity index (χ4n) is 3.14. The Morgan fingerprint density at radius 2 is 1.96 bits per heavy atom. The Morgan fingerprint density at radius 3 is 2.70 bits per heavy atom. The van der Waals surface area contributed by atoms with Gasteiger partial charge in [0.2, 0.25) is 5.91 Å². The monoisotopic (exact) mass is 384 g/mol. The summed E-state index contributed by atoms with van der Waals surface area (Å²) in [6.45, 7) is 5.65. The minimum Gasteiger partial charge on any atom is -0.368 e. The molecule has 2 heterocycles. The second-order valence-corrected chi connectivity index (χ2v) is 6.95. The number of pyridine rings is 1. The summed E-state index contributed by atoms with van der Waals surface area (Å²) in [5.41, 5.74) is 2.04. The number of hydrogen-bond donors (Lipinski definition) is 1. The summed E-state index contributed by atoms with van der Waals surface area (Å²) < 4.78 is 0. The summed E-state index contributed by atoms with van der Waals surface area (Å²) in [7, 11) is 0. The third kappa shape index (κ3) is 6.08. The number of para-hydroxylation sites is 1. The highest BCUT2D eigenvalue weighted by Gasteiger charge is 2.18. The van der Waals surface area contributed by atoms with Crippen molar-refractivity contribution >= 4 is 29.3 Å². The van der Waals surface area contributed by atoms with Gasteiger partial charge in [-0.2, -0.15) is 0 Å². The molecule has 3 rings (SSSR count). The minimum absolute atomic E-state index is 0.0672. The lowest BCUT2D eigenvalue weighted by Gasteiger charge is -2.36. The number of anilines is 1. The van der Waals surface area contributed by atoms with Crippen LogP contribution in [0.5, 0.6) is 0 Å². The van der Waals surface area contributed by atoms with Crippen LogP contribution >= 0.6 is 11.6 Å². The summed E-state index contributed by atoms with van der Waals surface area (Å²) in [5.74, 6) is -0.0672. The zero-order valence-electron chi connectivity index (χ0n) is 15.4. The van der Waals surface area contributed by atoms with Gasteiger partial charge in [0, 0.05) is 51.2 Å². The Hall–Kier alpha value is -2.37. The number of benzene rings is 1. The maximum Gasteiger partial charge on any atom is 0.244 e. The molecule has 27 heavy (non-hydrogen) atoms. The van der Waals surface area contributed by atoms with Crippen molar-refractivity contribution in [3.05, 3.63) is 65.5 Å². The summed E-state index contributed by atoms with van der Waals surface area (Å²) >= 11 is 6.29. The molecule has 1 aromatic heterocycles. The topological polar surface area (TPSA) is 48.5 Å². The first-order chi connectivity index (χ1) is 13.2. The number of piperazine rings is 1. The molecule has 0 bridgehead atoms. The molecular weight excluding hydrogens is 360 g/mol. The molecule has 142 valence electrons. The first kappa shape index (κ1) is 19.4. The Balaban J connectivity index is 1.32. The van der Waals surface area contributed by atoms with Crippen LogP contribution in [0.15, 0.2) is 54.9 Å². The van der Waals surface area contributed by atoms with Crippen LogP contribution in [0.1, 0.15) is 12.0 Å². The number of halogens is 1. The van der Waals surface area contributed by atoms with Crippen LogP contribution in [0.3, 0.4) is 0 Å². The number of rotatable bonds is 7. The predicted molar refractivity (Wildman–Crippen MR) is 111 cm³/mol. The highest BCUT2D eigenvalue weighted by atomic mass is 35.5. The lowest BCUT2D eigenvalue weighted by molar-refractivity contribution is -0.116. The van der Waals surface area contributed by atoms with Gasteiger partial charge in [-0.25, -0.2) is 0 Å². The van der Waals surface area contributed by atoms with Crippen molar-refractivity contribution in [1.82, 2.24) is 15.2 Å². The van der Waals surface area contributed by atoms with E-state index in [9.17, 15) is 4.79 Å². The molecule has 0 radical (unpaired) electrons. The SMILES string of the molecule is O=C(C=Cc1cccnc1)NCCCN1CCN(c2ccccc2Cl)CC1. The summed E-state index contributed by atoms with van der Waals surface area (Å²) in [6, 6.07) is 11.8. The van der Waals surface area contributed by atoms with Gasteiger partial charge in [0.05, 0.1) is 10.7 Å². The zero-order valence-corrected chi connectivity index (χ0v) is 16.1. The molecule has 1 fully saturated rings. The van der Waals surface area contributed by atoms with E-state index in [1.807, 2.05) is 30.3 Å². The number of nitrogens with zero attached hydrogens (tertiary/aromatic N) is 3. The molecule has 1 aliphatic heterocycles. The molecule has 0 spiro atoms. The normalized spacial score (nSPS) is 15.2. The standard InChI is InChI=1S/C21H25ClN4O/c22-19-6-1-2-7-20(19)26-15-13-25(14-16-26)12-4-11-24-21(27)9-8-18-5-3-10-23-17-18/h1-3,5-10,17H,4,11-16H2,(H,24,27). The number of nitrogens with one attached hydrogen (secondary N) is 1. The molecule has 6 heteroatoms. The molecule has 1 N–H and O–H groups in total. The number of aromatic nitrogens is 1. The molecular formula is C21H25ClN4O. The summed E-state index contributed by atoms with van der Waals surface area (Å²) in [4.78, 5) is 20.6. The van der Waals surface area contributed by atoms with Crippen molar-refractivity contribution in [2.24, 2.45) is 0 Å². The maximum atomic E-state index is 11.8. The van der Waals surface area contributed by atoms with E-state index in [0.29, 0.717) is 6.54 Å². The highest BCUT2D eigenvalue weighted by Crippen LogP contribution is 2.25. The van der Waals surface area contributed by atoms with Crippen molar-refractivity contribution in [2.45, 2.75) is 6.42 Å². The zero-order chi connectivity index (χ0) is 18.9. The number of carbonyl (C=O) groups is 1. The second-order valence-electron chi connectivity index (χ2n) is 6.54. The molecule has 1 amide bonds. The van der Waals surface area contributed by atoms with Gasteiger partial charge >= 0.3 is 0 Å². The van der Waals surface area contributed by atoms with E-state index in [0.717, 1.165) is 55.4 Å². The van der Waals surface area contributed by atoms with Gasteiger partial charge in [0.25, 0.3) is 0 Å². The molecule has 1 aliphatic rings. The van der Waals surface area contributed by atoms with Crippen LogP contribution in [0, 0.1) is 0 Å². The molecule has 0 saturated carbocycles.